The lowest BCUT2D eigenvalue weighted by molar-refractivity contribution is 0.529. The van der Waals surface area contributed by atoms with E-state index >= 15 is 0 Å². The van der Waals surface area contributed by atoms with Crippen LogP contribution in [0.2, 0.25) is 0 Å². The van der Waals surface area contributed by atoms with Crippen LogP contribution in [0.15, 0.2) is 46.9 Å². The van der Waals surface area contributed by atoms with Crippen molar-refractivity contribution in [1.82, 2.24) is 5.32 Å². The van der Waals surface area contributed by atoms with Gasteiger partial charge < -0.3 is 5.32 Å². The molecular weight excluding hydrogens is 310 g/mol. The summed E-state index contributed by atoms with van der Waals surface area (Å²) >= 11 is 3.65. The van der Waals surface area contributed by atoms with Crippen LogP contribution in [-0.2, 0) is 6.42 Å². The maximum Gasteiger partial charge on any atom is 0.0326 e. The summed E-state index contributed by atoms with van der Waals surface area (Å²) in [7, 11) is 0. The van der Waals surface area contributed by atoms with E-state index in [1.165, 1.54) is 46.0 Å². The van der Waals surface area contributed by atoms with Crippen molar-refractivity contribution in [2.45, 2.75) is 32.2 Å². The molecule has 1 aliphatic carbocycles. The lowest BCUT2D eigenvalue weighted by Crippen LogP contribution is -2.19. The van der Waals surface area contributed by atoms with Crippen molar-refractivity contribution in [2.24, 2.45) is 0 Å². The van der Waals surface area contributed by atoms with E-state index in [9.17, 15) is 0 Å². The number of rotatable bonds is 4. The molecule has 0 heterocycles. The molecule has 0 bridgehead atoms. The minimum Gasteiger partial charge on any atom is -0.310 e. The van der Waals surface area contributed by atoms with Gasteiger partial charge in [-0.05, 0) is 54.1 Å². The molecule has 0 saturated heterocycles. The normalized spacial score (nSPS) is 17.2. The van der Waals surface area contributed by atoms with Gasteiger partial charge in [-0.2, -0.15) is 0 Å². The molecule has 2 aromatic rings. The van der Waals surface area contributed by atoms with Gasteiger partial charge in [-0.3, -0.25) is 0 Å². The SMILES string of the molecule is CCCNC1CCc2cc(-c3ccccc3Br)ccc21. The molecule has 2 heteroatoms. The molecule has 0 aromatic heterocycles. The highest BCUT2D eigenvalue weighted by Crippen LogP contribution is 2.36. The summed E-state index contributed by atoms with van der Waals surface area (Å²) in [5, 5.41) is 3.65. The summed E-state index contributed by atoms with van der Waals surface area (Å²) in [5.74, 6) is 0. The standard InChI is InChI=1S/C18H20BrN/c1-2-11-20-18-10-8-14-12-13(7-9-16(14)18)15-5-3-4-6-17(15)19/h3-7,9,12,18,20H,2,8,10-11H2,1H3. The van der Waals surface area contributed by atoms with Gasteiger partial charge in [0.1, 0.15) is 0 Å². The van der Waals surface area contributed by atoms with Crippen molar-refractivity contribution in [3.63, 3.8) is 0 Å². The second-order valence-corrected chi connectivity index (χ2v) is 6.29. The molecule has 104 valence electrons. The first kappa shape index (κ1) is 13.8. The molecule has 3 rings (SSSR count). The minimum atomic E-state index is 0.554. The Morgan fingerprint density at radius 3 is 2.85 bits per heavy atom. The maximum absolute atomic E-state index is 3.65. The third kappa shape index (κ3) is 2.68. The molecule has 20 heavy (non-hydrogen) atoms. The van der Waals surface area contributed by atoms with Crippen molar-refractivity contribution < 1.29 is 0 Å². The molecule has 1 nitrogen and oxygen atoms in total. The molecule has 0 radical (unpaired) electrons. The van der Waals surface area contributed by atoms with Crippen LogP contribution in [0, 0.1) is 0 Å². The number of fused-ring (bicyclic) bond motifs is 1. The Labute approximate surface area is 129 Å². The summed E-state index contributed by atoms with van der Waals surface area (Å²) in [6.45, 7) is 3.33. The van der Waals surface area contributed by atoms with Gasteiger partial charge in [0.15, 0.2) is 0 Å². The maximum atomic E-state index is 3.65. The topological polar surface area (TPSA) is 12.0 Å². The Balaban J connectivity index is 1.90. The van der Waals surface area contributed by atoms with Crippen LogP contribution < -0.4 is 5.32 Å². The molecule has 0 fully saturated rings. The average Bonchev–Trinajstić information content (AvgIpc) is 2.88. The van der Waals surface area contributed by atoms with Crippen molar-refractivity contribution in [3.05, 3.63) is 58.1 Å². The van der Waals surface area contributed by atoms with E-state index in [-0.39, 0.29) is 0 Å². The fourth-order valence-corrected chi connectivity index (χ4v) is 3.52. The number of halogens is 1. The number of nitrogens with one attached hydrogen (secondary N) is 1. The lowest BCUT2D eigenvalue weighted by Gasteiger charge is -2.14. The van der Waals surface area contributed by atoms with E-state index in [0.717, 1.165) is 6.54 Å². The van der Waals surface area contributed by atoms with Crippen LogP contribution in [0.1, 0.15) is 36.9 Å². The largest absolute Gasteiger partial charge is 0.310 e. The molecule has 0 saturated carbocycles. The Kier molecular flexibility index (Phi) is 4.23. The predicted octanol–water partition coefficient (Wildman–Crippen LogP) is 5.10. The first-order chi connectivity index (χ1) is 9.79. The summed E-state index contributed by atoms with van der Waals surface area (Å²) in [6.07, 6.45) is 3.62. The highest BCUT2D eigenvalue weighted by atomic mass is 79.9. The van der Waals surface area contributed by atoms with Gasteiger partial charge in [0, 0.05) is 10.5 Å². The molecule has 1 atom stereocenters. The van der Waals surface area contributed by atoms with Gasteiger partial charge in [-0.1, -0.05) is 59.3 Å². The molecule has 1 N–H and O–H groups in total. The fraction of sp³-hybridized carbons (Fsp3) is 0.333. The smallest absolute Gasteiger partial charge is 0.0326 e. The summed E-state index contributed by atoms with van der Waals surface area (Å²) in [6, 6.07) is 15.9. The summed E-state index contributed by atoms with van der Waals surface area (Å²) < 4.78 is 1.17. The van der Waals surface area contributed by atoms with Crippen LogP contribution in [0.25, 0.3) is 11.1 Å². The first-order valence-corrected chi connectivity index (χ1v) is 8.20. The third-order valence-electron chi connectivity index (χ3n) is 4.05. The Bertz CT molecular complexity index is 606. The summed E-state index contributed by atoms with van der Waals surface area (Å²) in [4.78, 5) is 0. The van der Waals surface area contributed by atoms with Crippen molar-refractivity contribution in [2.75, 3.05) is 6.54 Å². The van der Waals surface area contributed by atoms with Gasteiger partial charge in [0.05, 0.1) is 0 Å². The molecule has 0 amide bonds. The van der Waals surface area contributed by atoms with Crippen LogP contribution in [0.5, 0.6) is 0 Å². The number of aryl methyl sites for hydroxylation is 1. The van der Waals surface area contributed by atoms with Crippen molar-refractivity contribution in [3.8, 4) is 11.1 Å². The zero-order chi connectivity index (χ0) is 13.9. The highest BCUT2D eigenvalue weighted by Gasteiger charge is 2.22. The van der Waals surface area contributed by atoms with Crippen LogP contribution in [-0.4, -0.2) is 6.54 Å². The van der Waals surface area contributed by atoms with Crippen molar-refractivity contribution in [1.29, 1.82) is 0 Å². The molecule has 1 aliphatic rings. The van der Waals surface area contributed by atoms with Crippen LogP contribution >= 0.6 is 15.9 Å². The zero-order valence-electron chi connectivity index (χ0n) is 11.8. The van der Waals surface area contributed by atoms with Gasteiger partial charge in [-0.25, -0.2) is 0 Å². The molecule has 1 unspecified atom stereocenters. The van der Waals surface area contributed by atoms with Gasteiger partial charge in [0.25, 0.3) is 0 Å². The van der Waals surface area contributed by atoms with Crippen LogP contribution in [0.4, 0.5) is 0 Å². The molecule has 0 spiro atoms. The lowest BCUT2D eigenvalue weighted by atomic mass is 10.00. The molecule has 0 aliphatic heterocycles. The Morgan fingerprint density at radius 2 is 2.05 bits per heavy atom. The Hall–Kier alpha value is -1.12. The average molecular weight is 330 g/mol. The summed E-state index contributed by atoms with van der Waals surface area (Å²) in [5.41, 5.74) is 5.59. The monoisotopic (exact) mass is 329 g/mol. The van der Waals surface area contributed by atoms with E-state index in [0.29, 0.717) is 6.04 Å². The number of hydrogen-bond acceptors (Lipinski definition) is 1. The Morgan fingerprint density at radius 1 is 1.20 bits per heavy atom. The fourth-order valence-electron chi connectivity index (χ4n) is 3.01. The van der Waals surface area contributed by atoms with Gasteiger partial charge in [0.2, 0.25) is 0 Å². The van der Waals surface area contributed by atoms with E-state index in [2.05, 4.69) is 70.6 Å². The second-order valence-electron chi connectivity index (χ2n) is 5.44. The van der Waals surface area contributed by atoms with Crippen molar-refractivity contribution >= 4 is 15.9 Å². The second kappa shape index (κ2) is 6.11. The van der Waals surface area contributed by atoms with E-state index in [4.69, 9.17) is 0 Å². The van der Waals surface area contributed by atoms with E-state index in [1.807, 2.05) is 0 Å². The third-order valence-corrected chi connectivity index (χ3v) is 4.74. The van der Waals surface area contributed by atoms with E-state index in [1.54, 1.807) is 0 Å². The van der Waals surface area contributed by atoms with Crippen LogP contribution in [0.3, 0.4) is 0 Å². The molecular formula is C18H20BrN. The minimum absolute atomic E-state index is 0.554. The van der Waals surface area contributed by atoms with E-state index < -0.39 is 0 Å². The quantitative estimate of drug-likeness (QED) is 0.822. The first-order valence-electron chi connectivity index (χ1n) is 7.40. The van der Waals surface area contributed by atoms with Gasteiger partial charge in [-0.15, -0.1) is 0 Å². The zero-order valence-corrected chi connectivity index (χ0v) is 13.4. The number of benzene rings is 2. The predicted molar refractivity (Wildman–Crippen MR) is 88.9 cm³/mol. The molecule has 2 aromatic carbocycles. The van der Waals surface area contributed by atoms with Gasteiger partial charge >= 0.3 is 0 Å². The highest BCUT2D eigenvalue weighted by molar-refractivity contribution is 9.10. The number of hydrogen-bond donors (Lipinski definition) is 1.